The smallest absolute Gasteiger partial charge is 0.491 e. The van der Waals surface area contributed by atoms with Gasteiger partial charge in [-0.3, -0.25) is 14.4 Å². The lowest BCUT2D eigenvalue weighted by Crippen LogP contribution is -2.41. The summed E-state index contributed by atoms with van der Waals surface area (Å²) in [4.78, 5) is 52.1. The maximum absolute atomic E-state index is 14.9. The first-order valence-electron chi connectivity index (χ1n) is 35.9. The highest BCUT2D eigenvalue weighted by atomic mass is 79.9. The number of nitrogens with zero attached hydrogens (tertiary/aromatic N) is 16. The van der Waals surface area contributed by atoms with Crippen LogP contribution in [-0.4, -0.2) is 171 Å². The predicted molar refractivity (Wildman–Crippen MR) is 417 cm³/mol. The van der Waals surface area contributed by atoms with Crippen LogP contribution in [0, 0.1) is 17.5 Å². The highest BCUT2D eigenvalue weighted by Gasteiger charge is 2.64. The van der Waals surface area contributed by atoms with Crippen molar-refractivity contribution < 1.29 is 70.4 Å². The molecule has 0 aliphatic carbocycles. The molecule has 2 saturated heterocycles. The van der Waals surface area contributed by atoms with E-state index in [4.69, 9.17) is 32.8 Å². The number of nitrogens with one attached hydrogen (secondary N) is 3. The number of anilines is 3. The standard InChI is InChI=1S/C22H18FN7O2.C18H17BFN5O4.C18H15BrFN5O2.C12H24B2O4.C4H3BrN2/c23-17-11-19-16(10-15(17)14-6-7-24-25-12-14)22(31)28-20-5-3-4-18(27-20)21-29-26-13-30(21)8-1-2-9-32-19;20-13-9-15-11(8-12(13)19(27)28)18(26)23-16-5-3-4-14(22-16)17-24-21-10-25(17)6-1-2-7-29-15;19-12-8-11-15(9-13(12)20)27-7-2-1-6-25-10-21-24-17(25)14-4-3-5-16(22-14)23-18(11)26;1-9(2)10(3,4)16-13(15-9)14-17-11(5,6)12(7,8)18-14;5-4-1-2-6-7-3-4/h3-7,10-13H,1-2,8-9H2,(H,27,28,31);3-5,8-10,27-28H,1-2,6-7H2,(H,22,23,26);3-5,8-10H,1-2,6-7H2,(H,22,23,26);1-8H3;1-3H. The van der Waals surface area contributed by atoms with Crippen LogP contribution in [0.3, 0.4) is 0 Å². The number of rotatable bonds is 3. The van der Waals surface area contributed by atoms with Gasteiger partial charge in [-0.25, -0.2) is 28.1 Å². The van der Waals surface area contributed by atoms with Crippen molar-refractivity contribution in [3.8, 4) is 62.9 Å². The number of carbonyl (C=O) groups is 3. The molecule has 0 atom stereocenters. The van der Waals surface area contributed by atoms with Crippen LogP contribution in [0.25, 0.3) is 45.7 Å². The second-order valence-corrected chi connectivity index (χ2v) is 29.8. The fraction of sp³-hybridized carbons (Fsp3) is 0.324. The molecule has 584 valence electrons. The van der Waals surface area contributed by atoms with Crippen molar-refractivity contribution in [1.29, 1.82) is 0 Å². The molecule has 3 amide bonds. The van der Waals surface area contributed by atoms with Gasteiger partial charge in [-0.2, -0.15) is 20.4 Å². The largest absolute Gasteiger partial charge is 0.493 e. The van der Waals surface area contributed by atoms with E-state index < -0.39 is 61.8 Å². The minimum Gasteiger partial charge on any atom is -0.493 e. The van der Waals surface area contributed by atoms with Crippen LogP contribution >= 0.6 is 31.9 Å². The number of amides is 3. The van der Waals surface area contributed by atoms with Gasteiger partial charge >= 0.3 is 21.1 Å². The van der Waals surface area contributed by atoms with Gasteiger partial charge in [0.15, 0.2) is 17.5 Å². The summed E-state index contributed by atoms with van der Waals surface area (Å²) < 4.78 is 90.8. The lowest BCUT2D eigenvalue weighted by atomic mass is 9.49. The van der Waals surface area contributed by atoms with E-state index in [2.05, 4.69) is 114 Å². The van der Waals surface area contributed by atoms with Crippen molar-refractivity contribution in [3.63, 3.8) is 0 Å². The van der Waals surface area contributed by atoms with Gasteiger partial charge in [0, 0.05) is 58.9 Å². The Hall–Kier alpha value is -10.8. The Labute approximate surface area is 664 Å². The third-order valence-electron chi connectivity index (χ3n) is 19.1. The van der Waals surface area contributed by atoms with Gasteiger partial charge in [-0.1, -0.05) is 18.2 Å². The summed E-state index contributed by atoms with van der Waals surface area (Å²) in [5, 5.41) is 65.8. The first-order valence-corrected chi connectivity index (χ1v) is 37.5. The highest BCUT2D eigenvalue weighted by Crippen LogP contribution is 2.43. The number of aryl methyl sites for hydroxylation is 3. The molecular formula is C74H77B3Br2F3N19O12. The number of halogens is 5. The molecule has 31 nitrogen and oxygen atoms in total. The van der Waals surface area contributed by atoms with Crippen molar-refractivity contribution in [3.05, 3.63) is 190 Å². The number of hydrogen-bond donors (Lipinski definition) is 5. The van der Waals surface area contributed by atoms with Crippen molar-refractivity contribution >= 4 is 93.6 Å². The summed E-state index contributed by atoms with van der Waals surface area (Å²) in [6, 6.07) is 26.4. The fourth-order valence-electron chi connectivity index (χ4n) is 11.7. The summed E-state index contributed by atoms with van der Waals surface area (Å²) in [6.45, 7) is 19.2. The van der Waals surface area contributed by atoms with Gasteiger partial charge in [0.1, 0.15) is 88.2 Å². The van der Waals surface area contributed by atoms with E-state index in [1.54, 1.807) is 79.9 Å². The van der Waals surface area contributed by atoms with Gasteiger partial charge in [-0.15, -0.1) is 30.6 Å². The van der Waals surface area contributed by atoms with Crippen molar-refractivity contribution in [1.82, 2.24) is 79.6 Å². The molecule has 8 aromatic heterocycles. The molecule has 5 aliphatic rings. The molecule has 0 saturated carbocycles. The van der Waals surface area contributed by atoms with E-state index in [0.717, 1.165) is 42.3 Å². The third-order valence-corrected chi connectivity index (χ3v) is 20.1. The van der Waals surface area contributed by atoms with Crippen LogP contribution in [0.1, 0.15) is 125 Å². The Bertz CT molecular complexity index is 5130. The Morgan fingerprint density at radius 2 is 0.823 bits per heavy atom. The Balaban J connectivity index is 0.000000137. The molecular weight excluding hydrogens is 1600 g/mol. The third kappa shape index (κ3) is 20.0. The minimum absolute atomic E-state index is 0.0163. The Kier molecular flexibility index (Phi) is 26.0. The lowest BCUT2D eigenvalue weighted by Gasteiger charge is -2.32. The van der Waals surface area contributed by atoms with Crippen molar-refractivity contribution in [2.24, 2.45) is 0 Å². The monoisotopic (exact) mass is 1670 g/mol. The quantitative estimate of drug-likeness (QED) is 0.103. The lowest BCUT2D eigenvalue weighted by molar-refractivity contribution is 0.00578. The SMILES string of the molecule is Brc1ccnnc1.CC1(C)OB(B2OC(C)(C)C(C)(C)O2)OC1(C)C.O=C1Nc2cccc(n2)-c2nncn2CCCCOc2cc(F)c(-c3ccnnc3)cc21.O=C1Nc2cccc(n2)-c2nncn2CCCCOc2cc(F)c(B(O)O)cc21.O=C1Nc2cccc(n2)-c2nncn2CCCCOc2cc(F)c(Br)cc21. The van der Waals surface area contributed by atoms with Crippen LogP contribution in [-0.2, 0) is 38.3 Å². The maximum Gasteiger partial charge on any atom is 0.491 e. The summed E-state index contributed by atoms with van der Waals surface area (Å²) in [5.41, 5.74) is 1.03. The fourth-order valence-corrected chi connectivity index (χ4v) is 12.2. The Morgan fingerprint density at radius 1 is 0.442 bits per heavy atom. The number of aromatic nitrogens is 16. The van der Waals surface area contributed by atoms with E-state index in [0.29, 0.717) is 97.4 Å². The van der Waals surface area contributed by atoms with Crippen LogP contribution in [0.4, 0.5) is 30.6 Å². The zero-order valence-corrected chi connectivity index (χ0v) is 65.8. The molecule has 16 rings (SSSR count). The molecule has 13 heterocycles. The molecule has 6 bridgehead atoms. The van der Waals surface area contributed by atoms with Gasteiger partial charge < -0.3 is 72.5 Å². The van der Waals surface area contributed by atoms with Crippen molar-refractivity contribution in [2.45, 2.75) is 136 Å². The second kappa shape index (κ2) is 35.9. The first kappa shape index (κ1) is 81.7. The van der Waals surface area contributed by atoms with Crippen LogP contribution in [0.5, 0.6) is 17.2 Å². The van der Waals surface area contributed by atoms with E-state index in [1.807, 2.05) is 87.3 Å². The van der Waals surface area contributed by atoms with E-state index in [9.17, 15) is 37.6 Å². The van der Waals surface area contributed by atoms with Crippen LogP contribution < -0.4 is 35.6 Å². The number of carbonyl (C=O) groups excluding carboxylic acids is 3. The number of pyridine rings is 3. The summed E-state index contributed by atoms with van der Waals surface area (Å²) >= 11 is 6.33. The maximum atomic E-state index is 14.9. The second-order valence-electron chi connectivity index (χ2n) is 28.1. The summed E-state index contributed by atoms with van der Waals surface area (Å²) in [5.74, 6) is -0.241. The number of hydrogen-bond acceptors (Lipinski definition) is 25. The summed E-state index contributed by atoms with van der Waals surface area (Å²) in [7, 11) is -3.01. The van der Waals surface area contributed by atoms with Crippen LogP contribution in [0.15, 0.2) is 156 Å². The van der Waals surface area contributed by atoms with E-state index in [-0.39, 0.29) is 78.8 Å². The molecule has 39 heteroatoms. The number of fused-ring (bicyclic) bond motifs is 15. The molecule has 113 heavy (non-hydrogen) atoms. The van der Waals surface area contributed by atoms with Gasteiger partial charge in [0.2, 0.25) is 0 Å². The highest BCUT2D eigenvalue weighted by molar-refractivity contribution is 9.10. The molecule has 2 fully saturated rings. The molecule has 5 N–H and O–H groups in total. The molecule has 3 aromatic carbocycles. The van der Waals surface area contributed by atoms with E-state index >= 15 is 0 Å². The number of ether oxygens (including phenoxy) is 3. The van der Waals surface area contributed by atoms with E-state index in [1.165, 1.54) is 36.7 Å². The zero-order valence-electron chi connectivity index (χ0n) is 62.6. The van der Waals surface area contributed by atoms with Crippen molar-refractivity contribution in [2.75, 3.05) is 35.8 Å². The molecule has 0 unspecified atom stereocenters. The summed E-state index contributed by atoms with van der Waals surface area (Å²) in [6.07, 6.45) is 15.5. The minimum atomic E-state index is -2.06. The predicted octanol–water partition coefficient (Wildman–Crippen LogP) is 11.1. The average molecular weight is 1670 g/mol. The normalized spacial score (nSPS) is 16.6. The number of benzene rings is 3. The molecule has 0 spiro atoms. The molecule has 11 aromatic rings. The van der Waals surface area contributed by atoms with Gasteiger partial charge in [0.25, 0.3) is 17.7 Å². The first-order chi connectivity index (χ1) is 54.1. The molecule has 5 aliphatic heterocycles. The van der Waals surface area contributed by atoms with Crippen LogP contribution in [0.2, 0.25) is 0 Å². The topological polar surface area (TPSA) is 375 Å². The average Bonchev–Trinajstić information content (AvgIpc) is 1.60. The van der Waals surface area contributed by atoms with Gasteiger partial charge in [0.05, 0.1) is 88.2 Å². The molecule has 0 radical (unpaired) electrons. The zero-order chi connectivity index (χ0) is 80.2. The van der Waals surface area contributed by atoms with Gasteiger partial charge in [-0.05, 0) is 193 Å². The Morgan fingerprint density at radius 3 is 1.19 bits per heavy atom.